The van der Waals surface area contributed by atoms with Gasteiger partial charge in [0.05, 0.1) is 11.5 Å². The lowest BCUT2D eigenvalue weighted by Gasteiger charge is -2.23. The Morgan fingerprint density at radius 3 is 3.06 bits per heavy atom. The summed E-state index contributed by atoms with van der Waals surface area (Å²) in [5.74, 6) is 0.652. The third kappa shape index (κ3) is 3.59. The van der Waals surface area contributed by atoms with Crippen LogP contribution < -0.4 is 5.32 Å². The van der Waals surface area contributed by atoms with E-state index in [1.165, 1.54) is 5.69 Å². The normalized spacial score (nSPS) is 23.1. The van der Waals surface area contributed by atoms with Crippen molar-refractivity contribution in [3.05, 3.63) is 24.0 Å². The summed E-state index contributed by atoms with van der Waals surface area (Å²) in [7, 11) is -2.81. The Kier molecular flexibility index (Phi) is 4.45. The van der Waals surface area contributed by atoms with Crippen LogP contribution in [0.2, 0.25) is 0 Å². The van der Waals surface area contributed by atoms with Gasteiger partial charge in [-0.25, -0.2) is 8.42 Å². The van der Waals surface area contributed by atoms with Crippen molar-refractivity contribution in [1.82, 2.24) is 9.88 Å². The molecule has 1 N–H and O–H groups in total. The quantitative estimate of drug-likeness (QED) is 0.883. The largest absolute Gasteiger partial charge is 0.350 e. The van der Waals surface area contributed by atoms with Gasteiger partial charge in [-0.2, -0.15) is 0 Å². The van der Waals surface area contributed by atoms with Crippen LogP contribution in [-0.2, 0) is 22.9 Å². The average molecular weight is 270 g/mol. The van der Waals surface area contributed by atoms with E-state index >= 15 is 0 Å². The maximum atomic E-state index is 11.5. The van der Waals surface area contributed by atoms with Gasteiger partial charge in [-0.3, -0.25) is 0 Å². The zero-order chi connectivity index (χ0) is 13.0. The molecule has 1 aromatic heterocycles. The van der Waals surface area contributed by atoms with E-state index in [1.54, 1.807) is 0 Å². The lowest BCUT2D eigenvalue weighted by molar-refractivity contribution is 0.470. The summed E-state index contributed by atoms with van der Waals surface area (Å²) in [6, 6.07) is 4.26. The van der Waals surface area contributed by atoms with Crippen LogP contribution in [0.4, 0.5) is 0 Å². The molecule has 1 fully saturated rings. The summed E-state index contributed by atoms with van der Waals surface area (Å²) in [4.78, 5) is 0. The Morgan fingerprint density at radius 2 is 2.33 bits per heavy atom. The van der Waals surface area contributed by atoms with E-state index in [-0.39, 0.29) is 6.04 Å². The van der Waals surface area contributed by atoms with Crippen molar-refractivity contribution in [2.24, 2.45) is 0 Å². The van der Waals surface area contributed by atoms with Crippen molar-refractivity contribution in [3.63, 3.8) is 0 Å². The second-order valence-electron chi connectivity index (χ2n) is 5.03. The molecular formula is C13H22N2O2S. The lowest BCUT2D eigenvalue weighted by atomic mass is 10.2. The maximum absolute atomic E-state index is 11.5. The molecule has 1 unspecified atom stereocenters. The second kappa shape index (κ2) is 5.89. The van der Waals surface area contributed by atoms with E-state index in [0.29, 0.717) is 11.5 Å². The molecule has 0 aliphatic carbocycles. The van der Waals surface area contributed by atoms with Gasteiger partial charge in [0.1, 0.15) is 0 Å². The first-order valence-corrected chi connectivity index (χ1v) is 8.50. The van der Waals surface area contributed by atoms with E-state index in [1.807, 2.05) is 6.07 Å². The van der Waals surface area contributed by atoms with Crippen molar-refractivity contribution in [3.8, 4) is 0 Å². The van der Waals surface area contributed by atoms with Crippen molar-refractivity contribution >= 4 is 9.84 Å². The topological polar surface area (TPSA) is 51.1 Å². The molecule has 0 bridgehead atoms. The van der Waals surface area contributed by atoms with Gasteiger partial charge in [-0.15, -0.1) is 0 Å². The van der Waals surface area contributed by atoms with Crippen LogP contribution in [0.5, 0.6) is 0 Å². The number of hydrogen-bond acceptors (Lipinski definition) is 3. The van der Waals surface area contributed by atoms with Crippen LogP contribution in [0.1, 0.15) is 31.9 Å². The Morgan fingerprint density at radius 1 is 1.50 bits per heavy atom. The van der Waals surface area contributed by atoms with Crippen LogP contribution in [0, 0.1) is 0 Å². The first-order chi connectivity index (χ1) is 8.61. The number of nitrogens with one attached hydrogen (secondary N) is 1. The molecule has 0 amide bonds. The number of sulfone groups is 1. The third-order valence-electron chi connectivity index (χ3n) is 3.42. The Labute approximate surface area is 109 Å². The summed E-state index contributed by atoms with van der Waals surface area (Å²) in [5, 5.41) is 3.38. The highest BCUT2D eigenvalue weighted by Crippen LogP contribution is 2.13. The second-order valence-corrected chi connectivity index (χ2v) is 7.26. The molecule has 5 heteroatoms. The Bertz CT molecular complexity index is 479. The highest BCUT2D eigenvalue weighted by atomic mass is 32.2. The van der Waals surface area contributed by atoms with E-state index < -0.39 is 9.84 Å². The van der Waals surface area contributed by atoms with E-state index in [9.17, 15) is 8.42 Å². The van der Waals surface area contributed by atoms with E-state index in [0.717, 1.165) is 32.4 Å². The fraction of sp³-hybridized carbons (Fsp3) is 0.692. The molecule has 1 aliphatic heterocycles. The monoisotopic (exact) mass is 270 g/mol. The fourth-order valence-corrected chi connectivity index (χ4v) is 4.17. The predicted molar refractivity (Wildman–Crippen MR) is 73.2 cm³/mol. The SMILES string of the molecule is CCCn1cccc1CNC1CCCS(=O)(=O)C1. The summed E-state index contributed by atoms with van der Waals surface area (Å²) in [5.41, 5.74) is 1.24. The molecule has 2 rings (SSSR count). The van der Waals surface area contributed by atoms with Crippen LogP contribution in [0.25, 0.3) is 0 Å². The van der Waals surface area contributed by atoms with Crippen LogP contribution in [0.15, 0.2) is 18.3 Å². The molecule has 1 aromatic rings. The van der Waals surface area contributed by atoms with Gasteiger partial charge in [0.2, 0.25) is 0 Å². The molecule has 1 saturated heterocycles. The molecule has 0 spiro atoms. The molecule has 18 heavy (non-hydrogen) atoms. The first-order valence-electron chi connectivity index (χ1n) is 6.68. The van der Waals surface area contributed by atoms with E-state index in [2.05, 4.69) is 29.1 Å². The number of nitrogens with zero attached hydrogens (tertiary/aromatic N) is 1. The van der Waals surface area contributed by atoms with Gasteiger partial charge in [0, 0.05) is 31.0 Å². The maximum Gasteiger partial charge on any atom is 0.151 e. The zero-order valence-corrected chi connectivity index (χ0v) is 11.7. The molecule has 2 heterocycles. The number of aryl methyl sites for hydroxylation is 1. The molecular weight excluding hydrogens is 248 g/mol. The fourth-order valence-electron chi connectivity index (χ4n) is 2.50. The average Bonchev–Trinajstić information content (AvgIpc) is 2.73. The van der Waals surface area contributed by atoms with Gasteiger partial charge >= 0.3 is 0 Å². The Balaban J connectivity index is 1.89. The van der Waals surface area contributed by atoms with Crippen molar-refractivity contribution in [1.29, 1.82) is 0 Å². The molecule has 0 saturated carbocycles. The van der Waals surface area contributed by atoms with Crippen molar-refractivity contribution < 1.29 is 8.42 Å². The van der Waals surface area contributed by atoms with Crippen LogP contribution in [-0.4, -0.2) is 30.5 Å². The molecule has 4 nitrogen and oxygen atoms in total. The number of rotatable bonds is 5. The van der Waals surface area contributed by atoms with Crippen molar-refractivity contribution in [2.75, 3.05) is 11.5 Å². The molecule has 0 aromatic carbocycles. The van der Waals surface area contributed by atoms with Crippen LogP contribution in [0.3, 0.4) is 0 Å². The zero-order valence-electron chi connectivity index (χ0n) is 10.9. The smallest absolute Gasteiger partial charge is 0.151 e. The molecule has 0 radical (unpaired) electrons. The van der Waals surface area contributed by atoms with Gasteiger partial charge in [0.25, 0.3) is 0 Å². The molecule has 102 valence electrons. The Hall–Kier alpha value is -0.810. The van der Waals surface area contributed by atoms with Gasteiger partial charge in [-0.1, -0.05) is 6.92 Å². The first kappa shape index (κ1) is 13.6. The third-order valence-corrected chi connectivity index (χ3v) is 5.24. The summed E-state index contributed by atoms with van der Waals surface area (Å²) in [6.07, 6.45) is 4.95. The van der Waals surface area contributed by atoms with Gasteiger partial charge < -0.3 is 9.88 Å². The number of hydrogen-bond donors (Lipinski definition) is 1. The summed E-state index contributed by atoms with van der Waals surface area (Å²) in [6.45, 7) is 3.94. The standard InChI is InChI=1S/C13H22N2O2S/c1-2-7-15-8-3-6-13(15)10-14-12-5-4-9-18(16,17)11-12/h3,6,8,12,14H,2,4-5,7,9-11H2,1H3. The minimum atomic E-state index is -2.81. The predicted octanol–water partition coefficient (Wildman–Crippen LogP) is 1.56. The van der Waals surface area contributed by atoms with Crippen molar-refractivity contribution in [2.45, 2.75) is 45.3 Å². The lowest BCUT2D eigenvalue weighted by Crippen LogP contribution is -2.40. The summed E-state index contributed by atoms with van der Waals surface area (Å²) < 4.78 is 25.3. The highest BCUT2D eigenvalue weighted by Gasteiger charge is 2.24. The number of aromatic nitrogens is 1. The molecule has 1 atom stereocenters. The minimum Gasteiger partial charge on any atom is -0.350 e. The van der Waals surface area contributed by atoms with Gasteiger partial charge in [0.15, 0.2) is 9.84 Å². The van der Waals surface area contributed by atoms with Crippen LogP contribution >= 0.6 is 0 Å². The molecule has 1 aliphatic rings. The van der Waals surface area contributed by atoms with E-state index in [4.69, 9.17) is 0 Å². The summed E-state index contributed by atoms with van der Waals surface area (Å²) >= 11 is 0. The highest BCUT2D eigenvalue weighted by molar-refractivity contribution is 7.91. The minimum absolute atomic E-state index is 0.119. The van der Waals surface area contributed by atoms with Gasteiger partial charge in [-0.05, 0) is 31.4 Å².